The van der Waals surface area contributed by atoms with Crippen LogP contribution in [0.25, 0.3) is 0 Å². The lowest BCUT2D eigenvalue weighted by molar-refractivity contribution is 0.0541. The molecule has 21 heavy (non-hydrogen) atoms. The highest BCUT2D eigenvalue weighted by Gasteiger charge is 2.52. The maximum Gasteiger partial charge on any atom is 0.119 e. The van der Waals surface area contributed by atoms with Crippen LogP contribution >= 0.6 is 0 Å². The summed E-state index contributed by atoms with van der Waals surface area (Å²) in [5, 5.41) is 0. The van der Waals surface area contributed by atoms with Crippen LogP contribution in [-0.2, 0) is 11.8 Å². The molecule has 1 saturated heterocycles. The molecule has 0 saturated carbocycles. The molecule has 0 N–H and O–H groups in total. The van der Waals surface area contributed by atoms with Gasteiger partial charge < -0.3 is 9.64 Å². The minimum atomic E-state index is 0.241. The number of nitrogens with zero attached hydrogens (tertiary/aromatic N) is 1. The number of fused-ring (bicyclic) bond motifs is 1. The van der Waals surface area contributed by atoms with Gasteiger partial charge in [-0.15, -0.1) is 0 Å². The Morgan fingerprint density at radius 1 is 1.38 bits per heavy atom. The van der Waals surface area contributed by atoms with Gasteiger partial charge in [0.2, 0.25) is 0 Å². The summed E-state index contributed by atoms with van der Waals surface area (Å²) in [4.78, 5) is 2.55. The van der Waals surface area contributed by atoms with Crippen molar-refractivity contribution in [3.63, 3.8) is 0 Å². The molecule has 1 aromatic rings. The first-order valence-corrected chi connectivity index (χ1v) is 7.88. The zero-order valence-electron chi connectivity index (χ0n) is 12.9. The number of hydrogen-bond donors (Lipinski definition) is 0. The third-order valence-corrected chi connectivity index (χ3v) is 5.89. The number of rotatable bonds is 1. The smallest absolute Gasteiger partial charge is 0.119 e. The van der Waals surface area contributed by atoms with E-state index in [4.69, 9.17) is 4.74 Å². The Morgan fingerprint density at radius 3 is 3.05 bits per heavy atom. The topological polar surface area (TPSA) is 12.5 Å². The van der Waals surface area contributed by atoms with Gasteiger partial charge in [-0.1, -0.05) is 30.4 Å². The van der Waals surface area contributed by atoms with Gasteiger partial charge in [0, 0.05) is 17.4 Å². The van der Waals surface area contributed by atoms with Gasteiger partial charge in [0.15, 0.2) is 0 Å². The molecule has 1 heterocycles. The SMILES string of the molecule is C=C1C=C[C@H]2[C@H]3Cc4ccc(OC)cc4[C@@]2(CCN3C)C1. The van der Waals surface area contributed by atoms with E-state index in [1.165, 1.54) is 29.7 Å². The van der Waals surface area contributed by atoms with Crippen molar-refractivity contribution in [1.29, 1.82) is 0 Å². The van der Waals surface area contributed by atoms with Gasteiger partial charge in [0.25, 0.3) is 0 Å². The zero-order valence-corrected chi connectivity index (χ0v) is 12.9. The molecule has 0 amide bonds. The first-order chi connectivity index (χ1) is 10.1. The van der Waals surface area contributed by atoms with E-state index in [9.17, 15) is 0 Å². The van der Waals surface area contributed by atoms with Gasteiger partial charge >= 0.3 is 0 Å². The average Bonchev–Trinajstić information content (AvgIpc) is 2.50. The number of likely N-dealkylation sites (N-methyl/N-ethyl adjacent to an activating group) is 1. The summed E-state index contributed by atoms with van der Waals surface area (Å²) < 4.78 is 5.49. The van der Waals surface area contributed by atoms with E-state index in [0.717, 1.165) is 18.6 Å². The number of allylic oxidation sites excluding steroid dienone is 2. The molecular formula is C19H23NO. The zero-order chi connectivity index (χ0) is 14.6. The minimum absolute atomic E-state index is 0.241. The lowest BCUT2D eigenvalue weighted by Gasteiger charge is -2.57. The molecule has 110 valence electrons. The molecule has 1 fully saturated rings. The fourth-order valence-electron chi connectivity index (χ4n) is 4.81. The van der Waals surface area contributed by atoms with Gasteiger partial charge in [-0.2, -0.15) is 0 Å². The third-order valence-electron chi connectivity index (χ3n) is 5.89. The highest BCUT2D eigenvalue weighted by molar-refractivity contribution is 5.49. The van der Waals surface area contributed by atoms with Crippen LogP contribution in [0.5, 0.6) is 5.75 Å². The molecule has 2 nitrogen and oxygen atoms in total. The van der Waals surface area contributed by atoms with E-state index in [-0.39, 0.29) is 5.41 Å². The van der Waals surface area contributed by atoms with E-state index < -0.39 is 0 Å². The van der Waals surface area contributed by atoms with Crippen LogP contribution in [0.1, 0.15) is 24.0 Å². The summed E-state index contributed by atoms with van der Waals surface area (Å²) in [7, 11) is 4.04. The Morgan fingerprint density at radius 2 is 2.24 bits per heavy atom. The fourth-order valence-corrected chi connectivity index (χ4v) is 4.81. The molecule has 2 aliphatic carbocycles. The molecule has 2 heteroatoms. The second-order valence-corrected chi connectivity index (χ2v) is 6.90. The number of ether oxygens (including phenoxy) is 1. The maximum absolute atomic E-state index is 5.49. The molecule has 1 aliphatic heterocycles. The summed E-state index contributed by atoms with van der Waals surface area (Å²) in [6.45, 7) is 5.43. The molecule has 0 aromatic heterocycles. The summed E-state index contributed by atoms with van der Waals surface area (Å²) >= 11 is 0. The van der Waals surface area contributed by atoms with E-state index >= 15 is 0 Å². The number of benzene rings is 1. The number of methoxy groups -OCH3 is 1. The second kappa shape index (κ2) is 4.48. The van der Waals surface area contributed by atoms with Crippen molar-refractivity contribution in [3.05, 3.63) is 53.6 Å². The molecule has 1 aromatic carbocycles. The van der Waals surface area contributed by atoms with Crippen LogP contribution < -0.4 is 4.74 Å². The van der Waals surface area contributed by atoms with E-state index in [1.807, 2.05) is 0 Å². The van der Waals surface area contributed by atoms with Gasteiger partial charge in [0.05, 0.1) is 7.11 Å². The van der Waals surface area contributed by atoms with E-state index in [0.29, 0.717) is 12.0 Å². The van der Waals surface area contributed by atoms with Crippen LogP contribution in [0.2, 0.25) is 0 Å². The minimum Gasteiger partial charge on any atom is -0.497 e. The lowest BCUT2D eigenvalue weighted by Crippen LogP contribution is -2.59. The van der Waals surface area contributed by atoms with E-state index in [2.05, 4.69) is 48.9 Å². The Balaban J connectivity index is 1.93. The standard InChI is InChI=1S/C19H23NO/c1-13-4-7-16-18-10-14-5-6-15(21-3)11-17(14)19(16,12-13)8-9-20(18)2/h4-7,11,16,18H,1,8-10,12H2,2-3H3/t16-,18+,19-/m0/s1. The molecule has 0 spiro atoms. The predicted octanol–water partition coefficient (Wildman–Crippen LogP) is 3.33. The lowest BCUT2D eigenvalue weighted by atomic mass is 9.53. The maximum atomic E-state index is 5.49. The molecule has 0 radical (unpaired) electrons. The number of hydrogen-bond acceptors (Lipinski definition) is 2. The fraction of sp³-hybridized carbons (Fsp3) is 0.474. The van der Waals surface area contributed by atoms with Crippen molar-refractivity contribution < 1.29 is 4.74 Å². The Labute approximate surface area is 127 Å². The average molecular weight is 281 g/mol. The molecule has 3 atom stereocenters. The predicted molar refractivity (Wildman–Crippen MR) is 85.8 cm³/mol. The Kier molecular flexibility index (Phi) is 2.80. The first-order valence-electron chi connectivity index (χ1n) is 7.88. The normalized spacial score (nSPS) is 34.3. The monoisotopic (exact) mass is 281 g/mol. The van der Waals surface area contributed by atoms with Crippen molar-refractivity contribution in [2.24, 2.45) is 5.92 Å². The van der Waals surface area contributed by atoms with E-state index in [1.54, 1.807) is 7.11 Å². The van der Waals surface area contributed by atoms with Crippen LogP contribution in [0, 0.1) is 5.92 Å². The van der Waals surface area contributed by atoms with Gasteiger partial charge in [-0.05, 0) is 56.1 Å². The van der Waals surface area contributed by atoms with Gasteiger partial charge in [-0.3, -0.25) is 0 Å². The van der Waals surface area contributed by atoms with Crippen molar-refractivity contribution in [3.8, 4) is 5.75 Å². The molecule has 3 aliphatic rings. The molecule has 0 unspecified atom stereocenters. The van der Waals surface area contributed by atoms with Gasteiger partial charge in [0.1, 0.15) is 5.75 Å². The molecule has 4 rings (SSSR count). The van der Waals surface area contributed by atoms with Crippen LogP contribution in [0.3, 0.4) is 0 Å². The van der Waals surface area contributed by atoms with Crippen LogP contribution in [0.4, 0.5) is 0 Å². The van der Waals surface area contributed by atoms with Crippen molar-refractivity contribution >= 4 is 0 Å². The Hall–Kier alpha value is -1.54. The van der Waals surface area contributed by atoms with Crippen LogP contribution in [-0.4, -0.2) is 31.6 Å². The summed E-state index contributed by atoms with van der Waals surface area (Å²) in [6, 6.07) is 7.30. The Bertz CT molecular complexity index is 632. The second-order valence-electron chi connectivity index (χ2n) is 6.90. The summed E-state index contributed by atoms with van der Waals surface area (Å²) in [6.07, 6.45) is 8.14. The third kappa shape index (κ3) is 1.75. The molecular weight excluding hydrogens is 258 g/mol. The summed E-state index contributed by atoms with van der Waals surface area (Å²) in [5.41, 5.74) is 4.53. The molecule has 2 bridgehead atoms. The number of likely N-dealkylation sites (tertiary alicyclic amines) is 1. The highest BCUT2D eigenvalue weighted by atomic mass is 16.5. The highest BCUT2D eigenvalue weighted by Crippen LogP contribution is 2.54. The van der Waals surface area contributed by atoms with Crippen molar-refractivity contribution in [2.45, 2.75) is 30.7 Å². The van der Waals surface area contributed by atoms with Crippen molar-refractivity contribution in [2.75, 3.05) is 20.7 Å². The van der Waals surface area contributed by atoms with Crippen molar-refractivity contribution in [1.82, 2.24) is 4.90 Å². The number of piperidine rings is 1. The van der Waals surface area contributed by atoms with Crippen LogP contribution in [0.15, 0.2) is 42.5 Å². The van der Waals surface area contributed by atoms with Gasteiger partial charge in [-0.25, -0.2) is 0 Å². The largest absolute Gasteiger partial charge is 0.497 e. The quantitative estimate of drug-likeness (QED) is 0.783. The first kappa shape index (κ1) is 13.1. The summed E-state index contributed by atoms with van der Waals surface area (Å²) in [5.74, 6) is 1.60.